The monoisotopic (exact) mass is 393 g/mol. The second-order valence-electron chi connectivity index (χ2n) is 6.60. The van der Waals surface area contributed by atoms with Crippen molar-refractivity contribution in [3.8, 4) is 0 Å². The zero-order valence-corrected chi connectivity index (χ0v) is 16.9. The lowest BCUT2D eigenvalue weighted by Crippen LogP contribution is -2.33. The number of nitrogens with zero attached hydrogens (tertiary/aromatic N) is 3. The molecule has 0 radical (unpaired) electrons. The molecule has 0 spiro atoms. The highest BCUT2D eigenvalue weighted by Crippen LogP contribution is 2.22. The molecule has 0 bridgehead atoms. The fraction of sp³-hybridized carbons (Fsp3) is 0.227. The van der Waals surface area contributed by atoms with Gasteiger partial charge in [0.25, 0.3) is 5.56 Å². The summed E-state index contributed by atoms with van der Waals surface area (Å²) in [5, 5.41) is 1.14. The first kappa shape index (κ1) is 19.9. The standard InChI is InChI=1S/C22H23N3O2S/c1-4-14-24(17-10-6-5-7-11-17)20(26)15-28-22-23-19-13-9-8-12-18(19)21(27)25(22)16(2)3/h4-13,16H,1,14-15H2,2-3H3. The van der Waals surface area contributed by atoms with Gasteiger partial charge in [0, 0.05) is 18.3 Å². The first-order valence-electron chi connectivity index (χ1n) is 9.13. The molecule has 28 heavy (non-hydrogen) atoms. The minimum absolute atomic E-state index is 0.0550. The van der Waals surface area contributed by atoms with Crippen molar-refractivity contribution in [1.29, 1.82) is 0 Å². The average molecular weight is 394 g/mol. The van der Waals surface area contributed by atoms with E-state index in [1.165, 1.54) is 11.8 Å². The van der Waals surface area contributed by atoms with Crippen molar-refractivity contribution in [1.82, 2.24) is 9.55 Å². The molecule has 144 valence electrons. The number of carbonyl (C=O) groups excluding carboxylic acids is 1. The summed E-state index contributed by atoms with van der Waals surface area (Å²) in [6.07, 6.45) is 1.70. The molecular weight excluding hydrogens is 370 g/mol. The van der Waals surface area contributed by atoms with Gasteiger partial charge in [-0.2, -0.15) is 0 Å². The van der Waals surface area contributed by atoms with E-state index in [9.17, 15) is 9.59 Å². The van der Waals surface area contributed by atoms with Gasteiger partial charge < -0.3 is 4.90 Å². The van der Waals surface area contributed by atoms with E-state index in [2.05, 4.69) is 11.6 Å². The minimum atomic E-state index is -0.0819. The molecule has 3 aromatic rings. The van der Waals surface area contributed by atoms with Gasteiger partial charge in [-0.1, -0.05) is 48.2 Å². The summed E-state index contributed by atoms with van der Waals surface area (Å²) in [5.74, 6) is 0.120. The molecule has 0 saturated heterocycles. The first-order valence-corrected chi connectivity index (χ1v) is 10.1. The lowest BCUT2D eigenvalue weighted by molar-refractivity contribution is -0.116. The third-order valence-electron chi connectivity index (χ3n) is 4.30. The van der Waals surface area contributed by atoms with Crippen molar-refractivity contribution < 1.29 is 4.79 Å². The van der Waals surface area contributed by atoms with Crippen molar-refractivity contribution in [2.75, 3.05) is 17.2 Å². The van der Waals surface area contributed by atoms with E-state index in [-0.39, 0.29) is 23.3 Å². The average Bonchev–Trinajstić information content (AvgIpc) is 2.70. The zero-order chi connectivity index (χ0) is 20.1. The molecule has 6 heteroatoms. The van der Waals surface area contributed by atoms with Crippen molar-refractivity contribution in [3.05, 3.63) is 77.6 Å². The van der Waals surface area contributed by atoms with E-state index in [0.29, 0.717) is 22.6 Å². The Morgan fingerprint density at radius 3 is 2.54 bits per heavy atom. The van der Waals surface area contributed by atoms with Gasteiger partial charge in [-0.3, -0.25) is 14.2 Å². The molecule has 0 saturated carbocycles. The smallest absolute Gasteiger partial charge is 0.262 e. The van der Waals surface area contributed by atoms with Crippen LogP contribution in [-0.2, 0) is 4.79 Å². The molecular formula is C22H23N3O2S. The predicted molar refractivity (Wildman–Crippen MR) is 116 cm³/mol. The Morgan fingerprint density at radius 2 is 1.86 bits per heavy atom. The Balaban J connectivity index is 1.90. The SMILES string of the molecule is C=CCN(C(=O)CSc1nc2ccccc2c(=O)n1C(C)C)c1ccccc1. The van der Waals surface area contributed by atoms with E-state index in [1.807, 2.05) is 62.4 Å². The van der Waals surface area contributed by atoms with Gasteiger partial charge in [-0.05, 0) is 38.1 Å². The summed E-state index contributed by atoms with van der Waals surface area (Å²) in [4.78, 5) is 32.1. The van der Waals surface area contributed by atoms with Crippen LogP contribution >= 0.6 is 11.8 Å². The maximum atomic E-state index is 12.9. The van der Waals surface area contributed by atoms with Gasteiger partial charge in [0.05, 0.1) is 16.7 Å². The quantitative estimate of drug-likeness (QED) is 0.341. The van der Waals surface area contributed by atoms with Crippen LogP contribution in [0.5, 0.6) is 0 Å². The van der Waals surface area contributed by atoms with E-state index in [1.54, 1.807) is 21.6 Å². The molecule has 1 aromatic heterocycles. The fourth-order valence-electron chi connectivity index (χ4n) is 2.98. The number of thioether (sulfide) groups is 1. The van der Waals surface area contributed by atoms with Crippen LogP contribution in [0.3, 0.4) is 0 Å². The predicted octanol–water partition coefficient (Wildman–Crippen LogP) is 4.29. The normalized spacial score (nSPS) is 11.0. The molecule has 1 amide bonds. The third-order valence-corrected chi connectivity index (χ3v) is 5.23. The topological polar surface area (TPSA) is 55.2 Å². The van der Waals surface area contributed by atoms with Crippen molar-refractivity contribution in [2.45, 2.75) is 25.0 Å². The summed E-state index contributed by atoms with van der Waals surface area (Å²) in [5.41, 5.74) is 1.38. The third kappa shape index (κ3) is 4.17. The van der Waals surface area contributed by atoms with Gasteiger partial charge in [-0.25, -0.2) is 4.98 Å². The highest BCUT2D eigenvalue weighted by molar-refractivity contribution is 7.99. The van der Waals surface area contributed by atoms with E-state index in [4.69, 9.17) is 0 Å². The van der Waals surface area contributed by atoms with Crippen LogP contribution in [0.1, 0.15) is 19.9 Å². The maximum absolute atomic E-state index is 12.9. The van der Waals surface area contributed by atoms with Crippen molar-refractivity contribution in [2.24, 2.45) is 0 Å². The summed E-state index contributed by atoms with van der Waals surface area (Å²) in [6.45, 7) is 8.06. The van der Waals surface area contributed by atoms with E-state index >= 15 is 0 Å². The molecule has 0 aliphatic carbocycles. The van der Waals surface area contributed by atoms with Crippen LogP contribution in [0.2, 0.25) is 0 Å². The second kappa shape index (κ2) is 8.89. The van der Waals surface area contributed by atoms with Crippen LogP contribution < -0.4 is 10.5 Å². The number of carbonyl (C=O) groups is 1. The Hall–Kier alpha value is -2.86. The van der Waals surface area contributed by atoms with Crippen LogP contribution in [0.15, 0.2) is 77.2 Å². The summed E-state index contributed by atoms with van der Waals surface area (Å²) < 4.78 is 1.65. The molecule has 2 aromatic carbocycles. The van der Waals surface area contributed by atoms with Crippen LogP contribution in [0, 0.1) is 0 Å². The molecule has 3 rings (SSSR count). The van der Waals surface area contributed by atoms with Gasteiger partial charge in [0.1, 0.15) is 0 Å². The molecule has 0 aliphatic rings. The fourth-order valence-corrected chi connectivity index (χ4v) is 3.98. The number of para-hydroxylation sites is 2. The lowest BCUT2D eigenvalue weighted by Gasteiger charge is -2.22. The van der Waals surface area contributed by atoms with E-state index < -0.39 is 0 Å². The zero-order valence-electron chi connectivity index (χ0n) is 16.0. The molecule has 0 aliphatic heterocycles. The Kier molecular flexibility index (Phi) is 6.31. The summed E-state index contributed by atoms with van der Waals surface area (Å²) >= 11 is 1.29. The number of benzene rings is 2. The highest BCUT2D eigenvalue weighted by Gasteiger charge is 2.18. The van der Waals surface area contributed by atoms with Gasteiger partial charge >= 0.3 is 0 Å². The molecule has 0 N–H and O–H groups in total. The molecule has 1 heterocycles. The Morgan fingerprint density at radius 1 is 1.18 bits per heavy atom. The molecule has 5 nitrogen and oxygen atoms in total. The Labute approximate surface area is 168 Å². The number of hydrogen-bond acceptors (Lipinski definition) is 4. The van der Waals surface area contributed by atoms with Gasteiger partial charge in [-0.15, -0.1) is 6.58 Å². The number of rotatable bonds is 7. The highest BCUT2D eigenvalue weighted by atomic mass is 32.2. The van der Waals surface area contributed by atoms with Crippen LogP contribution in [-0.4, -0.2) is 27.8 Å². The largest absolute Gasteiger partial charge is 0.308 e. The first-order chi connectivity index (χ1) is 13.5. The van der Waals surface area contributed by atoms with Crippen LogP contribution in [0.25, 0.3) is 10.9 Å². The molecule has 0 atom stereocenters. The molecule has 0 unspecified atom stereocenters. The van der Waals surface area contributed by atoms with E-state index in [0.717, 1.165) is 5.69 Å². The summed E-state index contributed by atoms with van der Waals surface area (Å²) in [6, 6.07) is 16.7. The Bertz CT molecular complexity index is 1040. The number of anilines is 1. The lowest BCUT2D eigenvalue weighted by atomic mass is 10.2. The molecule has 0 fully saturated rings. The minimum Gasteiger partial charge on any atom is -0.308 e. The number of amides is 1. The van der Waals surface area contributed by atoms with Gasteiger partial charge in [0.2, 0.25) is 5.91 Å². The summed E-state index contributed by atoms with van der Waals surface area (Å²) in [7, 11) is 0. The second-order valence-corrected chi connectivity index (χ2v) is 7.54. The van der Waals surface area contributed by atoms with Crippen LogP contribution in [0.4, 0.5) is 5.69 Å². The number of fused-ring (bicyclic) bond motifs is 1. The van der Waals surface area contributed by atoms with Crippen molar-refractivity contribution >= 4 is 34.3 Å². The number of aromatic nitrogens is 2. The number of hydrogen-bond donors (Lipinski definition) is 0. The maximum Gasteiger partial charge on any atom is 0.262 e. The van der Waals surface area contributed by atoms with Gasteiger partial charge in [0.15, 0.2) is 5.16 Å². The van der Waals surface area contributed by atoms with Crippen molar-refractivity contribution in [3.63, 3.8) is 0 Å².